The normalized spacial score (nSPS) is 10.5. The average molecular weight is 208 g/mol. The standard InChI is InChI=1S/C12H20N2O/c1-13(2)8-9-15-12-7-5-6-11(10-12)14(3)4/h5-7,10H,8-9H2,1-4H3. The predicted molar refractivity (Wildman–Crippen MR) is 64.8 cm³/mol. The largest absolute Gasteiger partial charge is 0.492 e. The molecule has 0 fully saturated rings. The van der Waals surface area contributed by atoms with Gasteiger partial charge in [0, 0.05) is 32.4 Å². The molecule has 0 atom stereocenters. The molecule has 0 saturated heterocycles. The molecular formula is C12H20N2O. The zero-order chi connectivity index (χ0) is 11.3. The molecule has 0 bridgehead atoms. The molecule has 0 unspecified atom stereocenters. The van der Waals surface area contributed by atoms with Gasteiger partial charge in [-0.2, -0.15) is 0 Å². The van der Waals surface area contributed by atoms with Gasteiger partial charge in [-0.15, -0.1) is 0 Å². The number of hydrogen-bond acceptors (Lipinski definition) is 3. The maximum Gasteiger partial charge on any atom is 0.121 e. The van der Waals surface area contributed by atoms with Gasteiger partial charge in [-0.05, 0) is 26.2 Å². The van der Waals surface area contributed by atoms with Crippen molar-refractivity contribution in [1.29, 1.82) is 0 Å². The number of rotatable bonds is 5. The quantitative estimate of drug-likeness (QED) is 0.732. The first-order chi connectivity index (χ1) is 7.09. The van der Waals surface area contributed by atoms with Crippen LogP contribution in [-0.4, -0.2) is 46.2 Å². The van der Waals surface area contributed by atoms with Crippen LogP contribution >= 0.6 is 0 Å². The lowest BCUT2D eigenvalue weighted by atomic mass is 10.3. The molecule has 0 heterocycles. The van der Waals surface area contributed by atoms with Crippen molar-refractivity contribution in [3.63, 3.8) is 0 Å². The molecule has 0 aliphatic carbocycles. The molecule has 84 valence electrons. The second kappa shape index (κ2) is 5.61. The summed E-state index contributed by atoms with van der Waals surface area (Å²) in [6.07, 6.45) is 0. The highest BCUT2D eigenvalue weighted by Crippen LogP contribution is 2.18. The molecule has 1 rings (SSSR count). The highest BCUT2D eigenvalue weighted by Gasteiger charge is 1.98. The Labute approximate surface area is 92.3 Å². The van der Waals surface area contributed by atoms with Crippen LogP contribution in [0.5, 0.6) is 5.75 Å². The number of ether oxygens (including phenoxy) is 1. The molecule has 0 radical (unpaired) electrons. The van der Waals surface area contributed by atoms with Crippen molar-refractivity contribution in [1.82, 2.24) is 4.90 Å². The summed E-state index contributed by atoms with van der Waals surface area (Å²) in [4.78, 5) is 4.18. The summed E-state index contributed by atoms with van der Waals surface area (Å²) < 4.78 is 5.64. The van der Waals surface area contributed by atoms with Crippen LogP contribution in [0.25, 0.3) is 0 Å². The molecule has 0 aliphatic heterocycles. The number of nitrogens with zero attached hydrogens (tertiary/aromatic N) is 2. The van der Waals surface area contributed by atoms with Crippen LogP contribution in [0.2, 0.25) is 0 Å². The number of hydrogen-bond donors (Lipinski definition) is 0. The zero-order valence-corrected chi connectivity index (χ0v) is 10.0. The Morgan fingerprint density at radius 3 is 2.47 bits per heavy atom. The summed E-state index contributed by atoms with van der Waals surface area (Å²) in [7, 11) is 8.14. The van der Waals surface area contributed by atoms with Gasteiger partial charge >= 0.3 is 0 Å². The van der Waals surface area contributed by atoms with E-state index in [2.05, 4.69) is 21.9 Å². The van der Waals surface area contributed by atoms with E-state index >= 15 is 0 Å². The van der Waals surface area contributed by atoms with Gasteiger partial charge < -0.3 is 14.5 Å². The van der Waals surface area contributed by atoms with Crippen molar-refractivity contribution < 1.29 is 4.74 Å². The molecule has 3 heteroatoms. The smallest absolute Gasteiger partial charge is 0.121 e. The highest BCUT2D eigenvalue weighted by atomic mass is 16.5. The van der Waals surface area contributed by atoms with Gasteiger partial charge in [-0.3, -0.25) is 0 Å². The highest BCUT2D eigenvalue weighted by molar-refractivity contribution is 5.49. The summed E-state index contributed by atoms with van der Waals surface area (Å²) >= 11 is 0. The van der Waals surface area contributed by atoms with Gasteiger partial charge in [0.1, 0.15) is 12.4 Å². The summed E-state index contributed by atoms with van der Waals surface area (Å²) in [5.41, 5.74) is 1.16. The lowest BCUT2D eigenvalue weighted by molar-refractivity contribution is 0.261. The van der Waals surface area contributed by atoms with Crippen molar-refractivity contribution in [3.05, 3.63) is 24.3 Å². The lowest BCUT2D eigenvalue weighted by Crippen LogP contribution is -2.19. The molecule has 0 aromatic heterocycles. The Morgan fingerprint density at radius 2 is 1.87 bits per heavy atom. The van der Waals surface area contributed by atoms with Gasteiger partial charge in [0.15, 0.2) is 0 Å². The monoisotopic (exact) mass is 208 g/mol. The molecule has 0 aliphatic rings. The fraction of sp³-hybridized carbons (Fsp3) is 0.500. The minimum atomic E-state index is 0.726. The molecule has 1 aromatic carbocycles. The molecule has 0 spiro atoms. The van der Waals surface area contributed by atoms with Crippen LogP contribution in [0.15, 0.2) is 24.3 Å². The Balaban J connectivity index is 2.50. The summed E-state index contributed by atoms with van der Waals surface area (Å²) in [6, 6.07) is 8.12. The molecule has 15 heavy (non-hydrogen) atoms. The Bertz CT molecular complexity index is 297. The minimum absolute atomic E-state index is 0.726. The number of anilines is 1. The molecule has 0 saturated carbocycles. The third-order valence-electron chi connectivity index (χ3n) is 2.14. The third kappa shape index (κ3) is 4.21. The molecule has 3 nitrogen and oxygen atoms in total. The number of benzene rings is 1. The Hall–Kier alpha value is -1.22. The van der Waals surface area contributed by atoms with Crippen molar-refractivity contribution in [3.8, 4) is 5.75 Å². The second-order valence-corrected chi connectivity index (χ2v) is 4.04. The van der Waals surface area contributed by atoms with Crippen molar-refractivity contribution >= 4 is 5.69 Å². The van der Waals surface area contributed by atoms with Crippen molar-refractivity contribution in [2.24, 2.45) is 0 Å². The first kappa shape index (κ1) is 11.9. The Morgan fingerprint density at radius 1 is 1.13 bits per heavy atom. The van der Waals surface area contributed by atoms with Crippen LogP contribution in [0, 0.1) is 0 Å². The van der Waals surface area contributed by atoms with Gasteiger partial charge in [-0.25, -0.2) is 0 Å². The third-order valence-corrected chi connectivity index (χ3v) is 2.14. The van der Waals surface area contributed by atoms with E-state index < -0.39 is 0 Å². The first-order valence-corrected chi connectivity index (χ1v) is 5.14. The van der Waals surface area contributed by atoms with E-state index in [9.17, 15) is 0 Å². The van der Waals surface area contributed by atoms with Crippen LogP contribution in [-0.2, 0) is 0 Å². The Kier molecular flexibility index (Phi) is 4.43. The molecule has 0 amide bonds. The molecule has 1 aromatic rings. The van der Waals surface area contributed by atoms with E-state index in [0.29, 0.717) is 0 Å². The van der Waals surface area contributed by atoms with E-state index in [4.69, 9.17) is 4.74 Å². The first-order valence-electron chi connectivity index (χ1n) is 5.14. The fourth-order valence-corrected chi connectivity index (χ4v) is 1.20. The van der Waals surface area contributed by atoms with Crippen LogP contribution < -0.4 is 9.64 Å². The minimum Gasteiger partial charge on any atom is -0.492 e. The summed E-state index contributed by atoms with van der Waals surface area (Å²) in [5, 5.41) is 0. The topological polar surface area (TPSA) is 15.7 Å². The maximum atomic E-state index is 5.64. The summed E-state index contributed by atoms with van der Waals surface area (Å²) in [5.74, 6) is 0.933. The van der Waals surface area contributed by atoms with Crippen molar-refractivity contribution in [2.45, 2.75) is 0 Å². The van der Waals surface area contributed by atoms with Crippen LogP contribution in [0.4, 0.5) is 5.69 Å². The van der Waals surface area contributed by atoms with E-state index in [0.717, 1.165) is 24.6 Å². The second-order valence-electron chi connectivity index (χ2n) is 4.04. The van der Waals surface area contributed by atoms with E-state index in [-0.39, 0.29) is 0 Å². The van der Waals surface area contributed by atoms with Gasteiger partial charge in [-0.1, -0.05) is 6.07 Å². The zero-order valence-electron chi connectivity index (χ0n) is 10.0. The SMILES string of the molecule is CN(C)CCOc1cccc(N(C)C)c1. The maximum absolute atomic E-state index is 5.64. The summed E-state index contributed by atoms with van der Waals surface area (Å²) in [6.45, 7) is 1.66. The van der Waals surface area contributed by atoms with Gasteiger partial charge in [0.05, 0.1) is 0 Å². The number of likely N-dealkylation sites (N-methyl/N-ethyl adjacent to an activating group) is 1. The van der Waals surface area contributed by atoms with Crippen LogP contribution in [0.3, 0.4) is 0 Å². The van der Waals surface area contributed by atoms with E-state index in [1.807, 2.05) is 40.3 Å². The van der Waals surface area contributed by atoms with Crippen LogP contribution in [0.1, 0.15) is 0 Å². The van der Waals surface area contributed by atoms with Crippen molar-refractivity contribution in [2.75, 3.05) is 46.2 Å². The average Bonchev–Trinajstić information content (AvgIpc) is 2.17. The van der Waals surface area contributed by atoms with E-state index in [1.165, 1.54) is 0 Å². The lowest BCUT2D eigenvalue weighted by Gasteiger charge is -2.15. The molecule has 0 N–H and O–H groups in total. The van der Waals surface area contributed by atoms with E-state index in [1.54, 1.807) is 0 Å². The van der Waals surface area contributed by atoms with Gasteiger partial charge in [0.25, 0.3) is 0 Å². The fourth-order valence-electron chi connectivity index (χ4n) is 1.20. The molecular weight excluding hydrogens is 188 g/mol. The van der Waals surface area contributed by atoms with Gasteiger partial charge in [0.2, 0.25) is 0 Å². The predicted octanol–water partition coefficient (Wildman–Crippen LogP) is 1.69.